The van der Waals surface area contributed by atoms with E-state index in [1.54, 1.807) is 12.1 Å². The third-order valence-corrected chi connectivity index (χ3v) is 4.08. The smallest absolute Gasteiger partial charge is 0.146 e. The molecule has 0 radical (unpaired) electrons. The molecule has 118 valence electrons. The van der Waals surface area contributed by atoms with Crippen molar-refractivity contribution in [2.75, 3.05) is 24.6 Å². The van der Waals surface area contributed by atoms with Gasteiger partial charge in [0, 0.05) is 18.6 Å². The van der Waals surface area contributed by atoms with E-state index in [1.807, 2.05) is 13.0 Å². The van der Waals surface area contributed by atoms with Crippen LogP contribution in [0.5, 0.6) is 0 Å². The van der Waals surface area contributed by atoms with E-state index < -0.39 is 0 Å². The summed E-state index contributed by atoms with van der Waals surface area (Å²) >= 11 is 0. The summed E-state index contributed by atoms with van der Waals surface area (Å²) in [6, 6.07) is 5.71. The Morgan fingerprint density at radius 2 is 2.19 bits per heavy atom. The van der Waals surface area contributed by atoms with Crippen LogP contribution in [0.4, 0.5) is 10.1 Å². The van der Waals surface area contributed by atoms with Crippen LogP contribution in [-0.2, 0) is 4.74 Å². The fourth-order valence-corrected chi connectivity index (χ4v) is 2.87. The fraction of sp³-hybridized carbons (Fsp3) is 0.647. The van der Waals surface area contributed by atoms with Gasteiger partial charge < -0.3 is 15.0 Å². The summed E-state index contributed by atoms with van der Waals surface area (Å²) in [4.78, 5) is 2.16. The zero-order valence-corrected chi connectivity index (χ0v) is 13.5. The first-order valence-electron chi connectivity index (χ1n) is 7.94. The second-order valence-corrected chi connectivity index (χ2v) is 6.00. The minimum atomic E-state index is -0.140. The molecule has 0 aliphatic carbocycles. The Balaban J connectivity index is 2.32. The van der Waals surface area contributed by atoms with Crippen LogP contribution in [0.15, 0.2) is 18.2 Å². The standard InChI is InChI=1S/C17H27FN2O/c1-5-9-19-14(4)15-7-6-8-16(18)17(15)20-10-13(3)21-11-12(20)2/h6-8,12-14,19H,5,9-11H2,1-4H3. The maximum absolute atomic E-state index is 14.5. The molecule has 0 amide bonds. The van der Waals surface area contributed by atoms with Gasteiger partial charge in [0.2, 0.25) is 0 Å². The Hall–Kier alpha value is -1.13. The average Bonchev–Trinajstić information content (AvgIpc) is 2.47. The van der Waals surface area contributed by atoms with Crippen LogP contribution in [0.1, 0.15) is 45.7 Å². The van der Waals surface area contributed by atoms with Gasteiger partial charge in [-0.05, 0) is 45.4 Å². The van der Waals surface area contributed by atoms with Crippen molar-refractivity contribution in [2.24, 2.45) is 0 Å². The molecule has 21 heavy (non-hydrogen) atoms. The summed E-state index contributed by atoms with van der Waals surface area (Å²) in [6.45, 7) is 10.7. The van der Waals surface area contributed by atoms with E-state index in [0.29, 0.717) is 6.61 Å². The van der Waals surface area contributed by atoms with Gasteiger partial charge in [0.15, 0.2) is 0 Å². The van der Waals surface area contributed by atoms with E-state index in [4.69, 9.17) is 4.74 Å². The van der Waals surface area contributed by atoms with Crippen molar-refractivity contribution in [3.63, 3.8) is 0 Å². The number of nitrogens with zero attached hydrogens (tertiary/aromatic N) is 1. The maximum atomic E-state index is 14.5. The molecule has 0 spiro atoms. The Labute approximate surface area is 127 Å². The molecule has 1 saturated heterocycles. The summed E-state index contributed by atoms with van der Waals surface area (Å²) in [6.07, 6.45) is 1.20. The van der Waals surface area contributed by atoms with Crippen molar-refractivity contribution in [2.45, 2.75) is 52.3 Å². The largest absolute Gasteiger partial charge is 0.375 e. The fourth-order valence-electron chi connectivity index (χ4n) is 2.87. The molecule has 1 fully saturated rings. The van der Waals surface area contributed by atoms with Gasteiger partial charge in [0.05, 0.1) is 18.4 Å². The van der Waals surface area contributed by atoms with Gasteiger partial charge in [0.25, 0.3) is 0 Å². The second kappa shape index (κ2) is 7.23. The van der Waals surface area contributed by atoms with Gasteiger partial charge in [-0.3, -0.25) is 0 Å². The van der Waals surface area contributed by atoms with E-state index in [9.17, 15) is 4.39 Å². The minimum absolute atomic E-state index is 0.132. The summed E-state index contributed by atoms with van der Waals surface area (Å²) in [5.41, 5.74) is 1.76. The molecule has 1 aliphatic heterocycles. The van der Waals surface area contributed by atoms with Gasteiger partial charge in [-0.25, -0.2) is 4.39 Å². The van der Waals surface area contributed by atoms with E-state index >= 15 is 0 Å². The Kier molecular flexibility index (Phi) is 5.59. The number of halogens is 1. The lowest BCUT2D eigenvalue weighted by molar-refractivity contribution is 0.0340. The number of nitrogens with one attached hydrogen (secondary N) is 1. The number of anilines is 1. The summed E-state index contributed by atoms with van der Waals surface area (Å²) < 4.78 is 20.2. The van der Waals surface area contributed by atoms with Gasteiger partial charge in [-0.1, -0.05) is 19.1 Å². The quantitative estimate of drug-likeness (QED) is 0.899. The number of morpholine rings is 1. The normalized spacial score (nSPS) is 24.1. The third kappa shape index (κ3) is 3.74. The first kappa shape index (κ1) is 16.2. The van der Waals surface area contributed by atoms with Gasteiger partial charge in [-0.15, -0.1) is 0 Å². The molecule has 3 unspecified atom stereocenters. The Bertz CT molecular complexity index is 466. The van der Waals surface area contributed by atoms with Crippen molar-refractivity contribution in [3.8, 4) is 0 Å². The average molecular weight is 294 g/mol. The topological polar surface area (TPSA) is 24.5 Å². The lowest BCUT2D eigenvalue weighted by Gasteiger charge is -2.40. The van der Waals surface area contributed by atoms with Gasteiger partial charge >= 0.3 is 0 Å². The van der Waals surface area contributed by atoms with Crippen molar-refractivity contribution in [1.82, 2.24) is 5.32 Å². The monoisotopic (exact) mass is 294 g/mol. The number of para-hydroxylation sites is 1. The highest BCUT2D eigenvalue weighted by molar-refractivity contribution is 5.57. The summed E-state index contributed by atoms with van der Waals surface area (Å²) in [7, 11) is 0. The predicted molar refractivity (Wildman–Crippen MR) is 85.3 cm³/mol. The number of rotatable bonds is 5. The van der Waals surface area contributed by atoms with E-state index in [2.05, 4.69) is 31.0 Å². The SMILES string of the molecule is CCCNC(C)c1cccc(F)c1N1CC(C)OCC1C. The molecule has 1 N–H and O–H groups in total. The second-order valence-electron chi connectivity index (χ2n) is 6.00. The highest BCUT2D eigenvalue weighted by atomic mass is 19.1. The van der Waals surface area contributed by atoms with Gasteiger partial charge in [-0.2, -0.15) is 0 Å². The highest BCUT2D eigenvalue weighted by Gasteiger charge is 2.28. The third-order valence-electron chi connectivity index (χ3n) is 4.08. The molecule has 3 nitrogen and oxygen atoms in total. The van der Waals surface area contributed by atoms with E-state index in [1.165, 1.54) is 0 Å². The zero-order chi connectivity index (χ0) is 15.4. The predicted octanol–water partition coefficient (Wildman–Crippen LogP) is 3.50. The maximum Gasteiger partial charge on any atom is 0.146 e. The first-order valence-corrected chi connectivity index (χ1v) is 7.94. The lowest BCUT2D eigenvalue weighted by atomic mass is 10.0. The first-order chi connectivity index (χ1) is 10.0. The minimum Gasteiger partial charge on any atom is -0.375 e. The van der Waals surface area contributed by atoms with Crippen LogP contribution in [0.25, 0.3) is 0 Å². The van der Waals surface area contributed by atoms with Crippen molar-refractivity contribution >= 4 is 5.69 Å². The zero-order valence-electron chi connectivity index (χ0n) is 13.5. The molecule has 0 bridgehead atoms. The Morgan fingerprint density at radius 3 is 2.90 bits per heavy atom. The molecule has 1 heterocycles. The van der Waals surface area contributed by atoms with Crippen LogP contribution in [0.2, 0.25) is 0 Å². The van der Waals surface area contributed by atoms with Crippen molar-refractivity contribution in [3.05, 3.63) is 29.6 Å². The van der Waals surface area contributed by atoms with Crippen LogP contribution in [-0.4, -0.2) is 31.8 Å². The van der Waals surface area contributed by atoms with Gasteiger partial charge in [0.1, 0.15) is 5.82 Å². The highest BCUT2D eigenvalue weighted by Crippen LogP contribution is 2.32. The molecular formula is C17H27FN2O. The van der Waals surface area contributed by atoms with Crippen molar-refractivity contribution in [1.29, 1.82) is 0 Å². The summed E-state index contributed by atoms with van der Waals surface area (Å²) in [5.74, 6) is -0.140. The Morgan fingerprint density at radius 1 is 1.43 bits per heavy atom. The molecule has 2 rings (SSSR count). The van der Waals surface area contributed by atoms with Crippen LogP contribution >= 0.6 is 0 Å². The van der Waals surface area contributed by atoms with E-state index in [-0.39, 0.29) is 24.0 Å². The van der Waals surface area contributed by atoms with Crippen molar-refractivity contribution < 1.29 is 9.13 Å². The number of hydrogen-bond acceptors (Lipinski definition) is 3. The molecule has 1 aromatic rings. The van der Waals surface area contributed by atoms with Crippen LogP contribution < -0.4 is 10.2 Å². The molecule has 4 heteroatoms. The molecule has 0 saturated carbocycles. The molecule has 1 aromatic carbocycles. The summed E-state index contributed by atoms with van der Waals surface area (Å²) in [5, 5.41) is 3.46. The molecule has 1 aliphatic rings. The molecule has 3 atom stereocenters. The van der Waals surface area contributed by atoms with Crippen LogP contribution in [0, 0.1) is 5.82 Å². The van der Waals surface area contributed by atoms with E-state index in [0.717, 1.165) is 30.8 Å². The van der Waals surface area contributed by atoms with Crippen LogP contribution in [0.3, 0.4) is 0 Å². The molecule has 0 aromatic heterocycles. The number of ether oxygens (including phenoxy) is 1. The number of hydrogen-bond donors (Lipinski definition) is 1. The molecular weight excluding hydrogens is 267 g/mol. The number of benzene rings is 1. The lowest BCUT2D eigenvalue weighted by Crippen LogP contribution is -2.48.